The highest BCUT2D eigenvalue weighted by Crippen LogP contribution is 2.67. The van der Waals surface area contributed by atoms with Gasteiger partial charge < -0.3 is 34.4 Å². The molecule has 0 bridgehead atoms. The first-order chi connectivity index (χ1) is 8.99. The quantitative estimate of drug-likeness (QED) is 0.361. The molecule has 0 radical (unpaired) electrons. The summed E-state index contributed by atoms with van der Waals surface area (Å²) in [4.78, 5) is 42.3. The fourth-order valence-corrected chi connectivity index (χ4v) is 3.21. The van der Waals surface area contributed by atoms with Gasteiger partial charge in [-0.3, -0.25) is 9.13 Å². The number of aliphatic hydroxyl groups is 1. The molecule has 12 heteroatoms. The number of imidazole rings is 1. The molecule has 1 aromatic rings. The summed E-state index contributed by atoms with van der Waals surface area (Å²) in [6, 6.07) is 0. The number of hydrogen-bond acceptors (Lipinski definition) is 5. The van der Waals surface area contributed by atoms with Gasteiger partial charge in [-0.15, -0.1) is 0 Å². The number of rotatable bonds is 7. The lowest BCUT2D eigenvalue weighted by Gasteiger charge is -2.29. The second kappa shape index (κ2) is 6.05. The van der Waals surface area contributed by atoms with E-state index in [0.717, 1.165) is 0 Å². The molecule has 0 aliphatic rings. The summed E-state index contributed by atoms with van der Waals surface area (Å²) >= 11 is 0. The van der Waals surface area contributed by atoms with Gasteiger partial charge in [0.15, 0.2) is 0 Å². The maximum absolute atomic E-state index is 11.1. The first kappa shape index (κ1) is 17.5. The van der Waals surface area contributed by atoms with Gasteiger partial charge in [0.1, 0.15) is 5.82 Å². The number of aromatic amines is 1. The monoisotopic (exact) mass is 330 g/mol. The van der Waals surface area contributed by atoms with E-state index in [1.807, 2.05) is 0 Å². The van der Waals surface area contributed by atoms with Crippen molar-refractivity contribution in [3.05, 3.63) is 18.2 Å². The van der Waals surface area contributed by atoms with Crippen LogP contribution in [0.15, 0.2) is 12.4 Å². The van der Waals surface area contributed by atoms with E-state index in [-0.39, 0.29) is 12.5 Å². The average Bonchev–Trinajstić information content (AvgIpc) is 2.78. The van der Waals surface area contributed by atoms with E-state index in [4.69, 9.17) is 24.3 Å². The van der Waals surface area contributed by atoms with Crippen molar-refractivity contribution in [2.75, 3.05) is 13.2 Å². The van der Waals surface area contributed by atoms with Crippen LogP contribution in [-0.4, -0.2) is 52.9 Å². The van der Waals surface area contributed by atoms with Crippen molar-refractivity contribution in [1.82, 2.24) is 9.97 Å². The Bertz CT molecular complexity index is 499. The van der Waals surface area contributed by atoms with Gasteiger partial charge in [-0.25, -0.2) is 4.98 Å². The highest BCUT2D eigenvalue weighted by molar-refractivity contribution is 7.72. The van der Waals surface area contributed by atoms with Gasteiger partial charge in [0.05, 0.1) is 13.2 Å². The van der Waals surface area contributed by atoms with Gasteiger partial charge in [-0.1, -0.05) is 6.92 Å². The van der Waals surface area contributed by atoms with E-state index in [9.17, 15) is 14.2 Å². The highest BCUT2D eigenvalue weighted by atomic mass is 31.2. The van der Waals surface area contributed by atoms with Gasteiger partial charge in [-0.05, 0) is 0 Å². The topological polar surface area (TPSA) is 173 Å². The van der Waals surface area contributed by atoms with Crippen molar-refractivity contribution >= 4 is 15.2 Å². The van der Waals surface area contributed by atoms with Crippen LogP contribution in [0.4, 0.5) is 0 Å². The van der Waals surface area contributed by atoms with E-state index in [2.05, 4.69) is 9.97 Å². The first-order valence-electron chi connectivity index (χ1n) is 5.39. The number of ether oxygens (including phenoxy) is 1. The Morgan fingerprint density at radius 1 is 1.35 bits per heavy atom. The van der Waals surface area contributed by atoms with Gasteiger partial charge in [0.2, 0.25) is 0 Å². The Morgan fingerprint density at radius 2 is 1.90 bits per heavy atom. The van der Waals surface area contributed by atoms with Crippen LogP contribution in [0.5, 0.6) is 0 Å². The van der Waals surface area contributed by atoms with Gasteiger partial charge >= 0.3 is 15.2 Å². The average molecular weight is 330 g/mol. The summed E-state index contributed by atoms with van der Waals surface area (Å²) in [7, 11) is -11.0. The SMILES string of the molecule is CC(COCC(O)(P(=O)(O)O)P(=O)(O)O)c1ncc[nH]1. The van der Waals surface area contributed by atoms with Crippen molar-refractivity contribution in [3.8, 4) is 0 Å². The maximum Gasteiger partial charge on any atom is 0.371 e. The zero-order chi connectivity index (χ0) is 15.6. The van der Waals surface area contributed by atoms with Gasteiger partial charge in [0, 0.05) is 18.3 Å². The maximum atomic E-state index is 11.1. The summed E-state index contributed by atoms with van der Waals surface area (Å²) in [5.74, 6) is 0.212. The highest BCUT2D eigenvalue weighted by Gasteiger charge is 2.59. The Kier molecular flexibility index (Phi) is 5.29. The summed E-state index contributed by atoms with van der Waals surface area (Å²) in [6.07, 6.45) is 3.06. The molecule has 6 N–H and O–H groups in total. The molecule has 1 heterocycles. The minimum absolute atomic E-state index is 0.143. The van der Waals surface area contributed by atoms with Crippen LogP contribution in [-0.2, 0) is 13.9 Å². The van der Waals surface area contributed by atoms with Crippen LogP contribution in [0.2, 0.25) is 0 Å². The molecule has 0 aliphatic heterocycles. The summed E-state index contributed by atoms with van der Waals surface area (Å²) in [5.41, 5.74) is 0. The van der Waals surface area contributed by atoms with Crippen LogP contribution < -0.4 is 0 Å². The third-order valence-corrected chi connectivity index (χ3v) is 6.27. The molecule has 0 saturated heterocycles. The van der Waals surface area contributed by atoms with Crippen LogP contribution in [0, 0.1) is 0 Å². The van der Waals surface area contributed by atoms with Crippen LogP contribution in [0.25, 0.3) is 0 Å². The molecule has 1 aromatic heterocycles. The minimum atomic E-state index is -5.49. The molecule has 0 amide bonds. The zero-order valence-corrected chi connectivity index (χ0v) is 12.2. The molecule has 0 fully saturated rings. The molecular weight excluding hydrogens is 314 g/mol. The van der Waals surface area contributed by atoms with E-state index in [0.29, 0.717) is 5.82 Å². The number of hydrogen-bond donors (Lipinski definition) is 6. The molecule has 20 heavy (non-hydrogen) atoms. The molecule has 0 spiro atoms. The molecule has 116 valence electrons. The minimum Gasteiger partial charge on any atom is -0.376 e. The Labute approximate surface area is 114 Å². The smallest absolute Gasteiger partial charge is 0.371 e. The molecule has 1 atom stereocenters. The predicted octanol–water partition coefficient (Wildman–Crippen LogP) is -0.469. The largest absolute Gasteiger partial charge is 0.376 e. The third kappa shape index (κ3) is 3.75. The third-order valence-electron chi connectivity index (χ3n) is 2.58. The summed E-state index contributed by atoms with van der Waals surface area (Å²) in [6.45, 7) is 0.329. The molecular formula is C8H16N2O8P2. The van der Waals surface area contributed by atoms with Gasteiger partial charge in [-0.2, -0.15) is 0 Å². The van der Waals surface area contributed by atoms with Crippen LogP contribution in [0.1, 0.15) is 18.7 Å². The Balaban J connectivity index is 2.70. The fourth-order valence-electron chi connectivity index (χ4n) is 1.34. The lowest BCUT2D eigenvalue weighted by Crippen LogP contribution is -2.34. The Hall–Kier alpha value is -0.570. The molecule has 1 unspecified atom stereocenters. The molecule has 0 aromatic carbocycles. The van der Waals surface area contributed by atoms with Crippen molar-refractivity contribution in [2.45, 2.75) is 17.9 Å². The second-order valence-corrected chi connectivity index (χ2v) is 8.26. The van der Waals surface area contributed by atoms with Crippen molar-refractivity contribution in [1.29, 1.82) is 0 Å². The van der Waals surface area contributed by atoms with Gasteiger partial charge in [0.25, 0.3) is 5.08 Å². The van der Waals surface area contributed by atoms with Crippen molar-refractivity contribution in [3.63, 3.8) is 0 Å². The number of nitrogens with zero attached hydrogens (tertiary/aromatic N) is 1. The molecule has 1 rings (SSSR count). The number of H-pyrrole nitrogens is 1. The standard InChI is InChI=1S/C8H16N2O8P2/c1-6(7-9-2-3-10-7)4-18-5-8(11,19(12,13)14)20(15,16)17/h2-3,6,11H,4-5H2,1H3,(H,9,10)(H2,12,13,14)(H2,15,16,17). The number of nitrogens with one attached hydrogen (secondary N) is 1. The van der Waals surface area contributed by atoms with Crippen molar-refractivity contribution in [2.24, 2.45) is 0 Å². The fraction of sp³-hybridized carbons (Fsp3) is 0.625. The molecule has 0 aliphatic carbocycles. The lowest BCUT2D eigenvalue weighted by atomic mass is 10.2. The van der Waals surface area contributed by atoms with Crippen LogP contribution in [0.3, 0.4) is 0 Å². The van der Waals surface area contributed by atoms with E-state index in [1.165, 1.54) is 6.20 Å². The van der Waals surface area contributed by atoms with Crippen LogP contribution >= 0.6 is 15.2 Å². The second-order valence-electron chi connectivity index (χ2n) is 4.25. The zero-order valence-electron chi connectivity index (χ0n) is 10.4. The van der Waals surface area contributed by atoms with E-state index >= 15 is 0 Å². The summed E-state index contributed by atoms with van der Waals surface area (Å²) < 4.78 is 27.0. The summed E-state index contributed by atoms with van der Waals surface area (Å²) in [5, 5.41) is 6.00. The lowest BCUT2D eigenvalue weighted by molar-refractivity contribution is 0.0206. The number of aromatic nitrogens is 2. The van der Waals surface area contributed by atoms with Crippen molar-refractivity contribution < 1.29 is 38.5 Å². The van der Waals surface area contributed by atoms with E-state index in [1.54, 1.807) is 13.1 Å². The molecule has 0 saturated carbocycles. The van der Waals surface area contributed by atoms with E-state index < -0.39 is 26.9 Å². The predicted molar refractivity (Wildman–Crippen MR) is 66.9 cm³/mol. The first-order valence-corrected chi connectivity index (χ1v) is 8.62. The normalized spacial score (nSPS) is 15.3. The Morgan fingerprint density at radius 3 is 2.30 bits per heavy atom. The molecule has 10 nitrogen and oxygen atoms in total.